The summed E-state index contributed by atoms with van der Waals surface area (Å²) < 4.78 is 31.3. The maximum atomic E-state index is 13.3. The van der Waals surface area contributed by atoms with E-state index in [4.69, 9.17) is 16.3 Å². The Morgan fingerprint density at radius 3 is 2.41 bits per heavy atom. The molecule has 0 spiro atoms. The van der Waals surface area contributed by atoms with Crippen LogP contribution in [0.3, 0.4) is 0 Å². The lowest BCUT2D eigenvalue weighted by atomic mass is 9.85. The van der Waals surface area contributed by atoms with Gasteiger partial charge in [-0.2, -0.15) is 0 Å². The van der Waals surface area contributed by atoms with E-state index in [0.717, 1.165) is 5.56 Å². The lowest BCUT2D eigenvalue weighted by molar-refractivity contribution is -0.155. The van der Waals surface area contributed by atoms with E-state index in [2.05, 4.69) is 11.9 Å². The molecule has 1 saturated heterocycles. The van der Waals surface area contributed by atoms with Crippen molar-refractivity contribution in [1.29, 1.82) is 0 Å². The van der Waals surface area contributed by atoms with Crippen molar-refractivity contribution in [2.45, 2.75) is 42.4 Å². The number of anilines is 1. The number of carbonyl (C=O) groups is 3. The molecule has 0 aromatic heterocycles. The Kier molecular flexibility index (Phi) is 8.77. The molecule has 11 heteroatoms. The summed E-state index contributed by atoms with van der Waals surface area (Å²) in [6, 6.07) is 12.1. The molecule has 8 nitrogen and oxygen atoms in total. The molecule has 1 aliphatic heterocycles. The highest BCUT2D eigenvalue weighted by Crippen LogP contribution is 2.38. The minimum Gasteiger partial charge on any atom is -0.467 e. The predicted molar refractivity (Wildman–Crippen MR) is 145 cm³/mol. The number of rotatable bonds is 9. The van der Waals surface area contributed by atoms with Gasteiger partial charge in [0.25, 0.3) is 5.91 Å². The van der Waals surface area contributed by atoms with Gasteiger partial charge in [0.15, 0.2) is 6.04 Å². The lowest BCUT2D eigenvalue weighted by Gasteiger charge is -2.42. The summed E-state index contributed by atoms with van der Waals surface area (Å²) in [5.41, 5.74) is 1.46. The van der Waals surface area contributed by atoms with Crippen LogP contribution in [0.5, 0.6) is 0 Å². The Balaban J connectivity index is 1.84. The summed E-state index contributed by atoms with van der Waals surface area (Å²) in [6.07, 6.45) is 0. The number of nitrogens with one attached hydrogen (secondary N) is 1. The van der Waals surface area contributed by atoms with E-state index in [1.165, 1.54) is 24.1 Å². The van der Waals surface area contributed by atoms with E-state index < -0.39 is 32.0 Å². The maximum Gasteiger partial charge on any atom is 0.332 e. The zero-order valence-electron chi connectivity index (χ0n) is 21.0. The molecule has 0 radical (unpaired) electrons. The highest BCUT2D eigenvalue weighted by molar-refractivity contribution is 8.72. The van der Waals surface area contributed by atoms with Crippen molar-refractivity contribution >= 4 is 54.7 Å². The number of methoxy groups -OCH3 is 1. The van der Waals surface area contributed by atoms with Crippen molar-refractivity contribution in [2.24, 2.45) is 0 Å². The van der Waals surface area contributed by atoms with Crippen LogP contribution in [-0.2, 0) is 28.6 Å². The topological polar surface area (TPSA) is 110 Å². The van der Waals surface area contributed by atoms with E-state index in [1.54, 1.807) is 36.4 Å². The van der Waals surface area contributed by atoms with Crippen molar-refractivity contribution in [2.75, 3.05) is 24.9 Å². The Hall–Kier alpha value is -2.82. The van der Waals surface area contributed by atoms with Crippen LogP contribution in [0.15, 0.2) is 65.6 Å². The fourth-order valence-electron chi connectivity index (χ4n) is 3.85. The summed E-state index contributed by atoms with van der Waals surface area (Å²) in [4.78, 5) is 38.9. The van der Waals surface area contributed by atoms with Gasteiger partial charge in [0, 0.05) is 23.7 Å². The van der Waals surface area contributed by atoms with Crippen LogP contribution < -0.4 is 5.32 Å². The molecule has 2 aromatic rings. The molecule has 1 aliphatic rings. The minimum absolute atomic E-state index is 0.0100. The third-order valence-electron chi connectivity index (χ3n) is 5.83. The fraction of sp³-hybridized carbons (Fsp3) is 0.346. The van der Waals surface area contributed by atoms with Crippen LogP contribution in [0.2, 0.25) is 0 Å². The molecular weight excluding hydrogens is 536 g/mol. The molecule has 1 fully saturated rings. The van der Waals surface area contributed by atoms with Gasteiger partial charge in [0.2, 0.25) is 14.8 Å². The van der Waals surface area contributed by atoms with Crippen molar-refractivity contribution in [3.63, 3.8) is 0 Å². The quantitative estimate of drug-likeness (QED) is 0.160. The second-order valence-corrected chi connectivity index (χ2v) is 13.8. The van der Waals surface area contributed by atoms with Gasteiger partial charge in [0.1, 0.15) is 5.25 Å². The van der Waals surface area contributed by atoms with E-state index in [0.29, 0.717) is 22.0 Å². The molecule has 0 aliphatic carbocycles. The molecule has 2 amide bonds. The number of esters is 1. The number of nitrogens with zero attached hydrogens (tertiary/aromatic N) is 1. The number of hydrogen-bond acceptors (Lipinski definition) is 7. The average Bonchev–Trinajstić information content (AvgIpc) is 2.86. The summed E-state index contributed by atoms with van der Waals surface area (Å²) in [5.74, 6) is -1.65. The first kappa shape index (κ1) is 28.7. The highest BCUT2D eigenvalue weighted by Gasteiger charge is 2.47. The van der Waals surface area contributed by atoms with Crippen LogP contribution in [0.25, 0.3) is 0 Å². The molecule has 1 heterocycles. The molecule has 2 unspecified atom stereocenters. The van der Waals surface area contributed by atoms with Gasteiger partial charge in [-0.25, -0.2) is 13.2 Å². The first-order chi connectivity index (χ1) is 17.3. The number of hydrogen-bond donors (Lipinski definition) is 1. The Labute approximate surface area is 225 Å². The number of β-lactam (4-membered cyclic amide) rings is 1. The van der Waals surface area contributed by atoms with Gasteiger partial charge in [0.05, 0.1) is 12.0 Å². The normalized spacial score (nSPS) is 16.5. The van der Waals surface area contributed by atoms with Crippen molar-refractivity contribution in [3.05, 3.63) is 71.8 Å². The van der Waals surface area contributed by atoms with Gasteiger partial charge in [-0.15, -0.1) is 11.6 Å². The van der Waals surface area contributed by atoms with Crippen LogP contribution in [0, 0.1) is 0 Å². The standard InChI is InChI=1S/C26H29ClN2O6S2/c1-16(14-27)22(25(32)35-5)29-15-21(24(29)31)36-37(33,34)18-11-12-19(26(2,3)4)20(13-18)28-23(30)17-9-7-6-8-10-17/h6-13,21-22H,1,14-15H2,2-5H3,(H,28,30). The first-order valence-corrected chi connectivity index (χ1v) is 14.8. The molecule has 0 bridgehead atoms. The average molecular weight is 565 g/mol. The van der Waals surface area contributed by atoms with Gasteiger partial charge in [-0.3, -0.25) is 9.59 Å². The number of halogens is 1. The number of alkyl halides is 1. The molecule has 0 saturated carbocycles. The molecule has 198 valence electrons. The van der Waals surface area contributed by atoms with Crippen molar-refractivity contribution in [1.82, 2.24) is 4.90 Å². The summed E-state index contributed by atoms with van der Waals surface area (Å²) >= 11 is 5.80. The maximum absolute atomic E-state index is 13.3. The molecule has 2 atom stereocenters. The molecular formula is C26H29ClN2O6S2. The number of carbonyl (C=O) groups excluding carboxylic acids is 3. The van der Waals surface area contributed by atoms with Gasteiger partial charge in [-0.05, 0) is 51.6 Å². The smallest absolute Gasteiger partial charge is 0.332 e. The SMILES string of the molecule is C=C(CCl)C(C(=O)OC)N1CC(SS(=O)(=O)c2ccc(C(C)(C)C)c(NC(=O)c3ccccc3)c2)C1=O. The van der Waals surface area contributed by atoms with Crippen LogP contribution >= 0.6 is 22.4 Å². The molecule has 3 rings (SSSR count). The fourth-order valence-corrected chi connectivity index (χ4v) is 7.34. The second-order valence-electron chi connectivity index (χ2n) is 9.52. The largest absolute Gasteiger partial charge is 0.467 e. The highest BCUT2D eigenvalue weighted by atomic mass is 35.5. The van der Waals surface area contributed by atoms with Crippen molar-refractivity contribution in [3.8, 4) is 0 Å². The van der Waals surface area contributed by atoms with Crippen molar-refractivity contribution < 1.29 is 27.5 Å². The predicted octanol–water partition coefficient (Wildman–Crippen LogP) is 4.21. The van der Waals surface area contributed by atoms with Gasteiger partial charge in [-0.1, -0.05) is 51.6 Å². The zero-order chi connectivity index (χ0) is 27.5. The van der Waals surface area contributed by atoms with Gasteiger partial charge >= 0.3 is 5.97 Å². The second kappa shape index (κ2) is 11.3. The van der Waals surface area contributed by atoms with Crippen LogP contribution in [-0.4, -0.2) is 61.9 Å². The van der Waals surface area contributed by atoms with Gasteiger partial charge < -0.3 is 15.0 Å². The third-order valence-corrected chi connectivity index (χ3v) is 9.88. The summed E-state index contributed by atoms with van der Waals surface area (Å²) in [5, 5.41) is 1.92. The van der Waals surface area contributed by atoms with E-state index in [-0.39, 0.29) is 34.2 Å². The molecule has 1 N–H and O–H groups in total. The first-order valence-electron chi connectivity index (χ1n) is 11.4. The molecule has 37 heavy (non-hydrogen) atoms. The minimum atomic E-state index is -3.99. The number of benzene rings is 2. The molecule has 2 aromatic carbocycles. The third kappa shape index (κ3) is 6.37. The van der Waals surface area contributed by atoms with Crippen LogP contribution in [0.4, 0.5) is 5.69 Å². The van der Waals surface area contributed by atoms with E-state index >= 15 is 0 Å². The summed E-state index contributed by atoms with van der Waals surface area (Å²) in [7, 11) is -2.30. The monoisotopic (exact) mass is 564 g/mol. The Morgan fingerprint density at radius 1 is 1.22 bits per heavy atom. The Bertz CT molecular complexity index is 1310. The lowest BCUT2D eigenvalue weighted by Crippen LogP contribution is -2.62. The number of ether oxygens (including phenoxy) is 1. The Morgan fingerprint density at radius 2 is 1.86 bits per heavy atom. The van der Waals surface area contributed by atoms with E-state index in [1.807, 2.05) is 20.8 Å². The zero-order valence-corrected chi connectivity index (χ0v) is 23.4. The van der Waals surface area contributed by atoms with Crippen LogP contribution in [0.1, 0.15) is 36.7 Å². The number of likely N-dealkylation sites (tertiary alicyclic amines) is 1. The van der Waals surface area contributed by atoms with E-state index in [9.17, 15) is 22.8 Å². The summed E-state index contributed by atoms with van der Waals surface area (Å²) in [6.45, 7) is 9.60. The number of amides is 2.